The van der Waals surface area contributed by atoms with E-state index in [-0.39, 0.29) is 0 Å². The average Bonchev–Trinajstić information content (AvgIpc) is 3.89. The van der Waals surface area contributed by atoms with Crippen LogP contribution in [0.2, 0.25) is 0 Å². The maximum Gasteiger partial charge on any atom is 0.147 e. The zero-order valence-electron chi connectivity index (χ0n) is 27.4. The second kappa shape index (κ2) is 10.8. The number of fused-ring (bicyclic) bond motifs is 9. The lowest BCUT2D eigenvalue weighted by atomic mass is 9.95. The molecule has 0 amide bonds. The Morgan fingerprint density at radius 2 is 1.08 bits per heavy atom. The lowest BCUT2D eigenvalue weighted by Gasteiger charge is -2.12. The summed E-state index contributed by atoms with van der Waals surface area (Å²) in [6.45, 7) is 0. The quantitative estimate of drug-likeness (QED) is 0.190. The van der Waals surface area contributed by atoms with Gasteiger partial charge in [-0.3, -0.25) is 4.57 Å². The molecule has 0 spiro atoms. The molecule has 0 radical (unpaired) electrons. The SMILES string of the molecule is c1ccc(-c2nc3ccccc3n2-c2cccc(-c3ccc4cc(-c5cc6c7ccccc7oc6c6c5oc5ccccc56)ccc4c3)c2)cc1. The van der Waals surface area contributed by atoms with Gasteiger partial charge in [0.05, 0.1) is 16.4 Å². The summed E-state index contributed by atoms with van der Waals surface area (Å²) in [5, 5.41) is 6.62. The van der Waals surface area contributed by atoms with Gasteiger partial charge in [-0.15, -0.1) is 0 Å². The summed E-state index contributed by atoms with van der Waals surface area (Å²) in [4.78, 5) is 5.05. The number of hydrogen-bond donors (Lipinski definition) is 0. The zero-order chi connectivity index (χ0) is 33.5. The van der Waals surface area contributed by atoms with Crippen LogP contribution in [0.4, 0.5) is 0 Å². The van der Waals surface area contributed by atoms with Gasteiger partial charge in [-0.1, -0.05) is 115 Å². The summed E-state index contributed by atoms with van der Waals surface area (Å²) in [5.74, 6) is 0.931. The second-order valence-electron chi connectivity index (χ2n) is 13.2. The summed E-state index contributed by atoms with van der Waals surface area (Å²) < 4.78 is 15.3. The number of para-hydroxylation sites is 4. The molecule has 3 aromatic heterocycles. The monoisotopic (exact) mass is 652 g/mol. The van der Waals surface area contributed by atoms with Crippen LogP contribution in [0.25, 0.3) is 105 Å². The maximum absolute atomic E-state index is 6.57. The van der Waals surface area contributed by atoms with E-state index >= 15 is 0 Å². The highest BCUT2D eigenvalue weighted by molar-refractivity contribution is 6.25. The van der Waals surface area contributed by atoms with Gasteiger partial charge < -0.3 is 8.83 Å². The molecular formula is C47H28N2O2. The van der Waals surface area contributed by atoms with Crippen LogP contribution in [0.3, 0.4) is 0 Å². The minimum atomic E-state index is 0.845. The Balaban J connectivity index is 1.04. The van der Waals surface area contributed by atoms with E-state index in [4.69, 9.17) is 13.8 Å². The largest absolute Gasteiger partial charge is 0.455 e. The molecule has 4 heteroatoms. The lowest BCUT2D eigenvalue weighted by molar-refractivity contribution is 0.663. The van der Waals surface area contributed by atoms with Crippen molar-refractivity contribution in [2.24, 2.45) is 0 Å². The van der Waals surface area contributed by atoms with Crippen molar-refractivity contribution in [3.05, 3.63) is 170 Å². The van der Waals surface area contributed by atoms with E-state index in [0.29, 0.717) is 0 Å². The van der Waals surface area contributed by atoms with Gasteiger partial charge in [-0.25, -0.2) is 4.98 Å². The second-order valence-corrected chi connectivity index (χ2v) is 13.2. The van der Waals surface area contributed by atoms with E-state index in [1.165, 1.54) is 10.8 Å². The van der Waals surface area contributed by atoms with E-state index in [1.807, 2.05) is 36.4 Å². The van der Waals surface area contributed by atoms with Crippen LogP contribution in [0.5, 0.6) is 0 Å². The van der Waals surface area contributed by atoms with Crippen molar-refractivity contribution in [1.82, 2.24) is 9.55 Å². The Hall–Kier alpha value is -6.91. The van der Waals surface area contributed by atoms with Crippen LogP contribution >= 0.6 is 0 Å². The summed E-state index contributed by atoms with van der Waals surface area (Å²) in [7, 11) is 0. The molecular weight excluding hydrogens is 625 g/mol. The van der Waals surface area contributed by atoms with Gasteiger partial charge in [-0.2, -0.15) is 0 Å². The average molecular weight is 653 g/mol. The van der Waals surface area contributed by atoms with Crippen LogP contribution in [-0.4, -0.2) is 9.55 Å². The van der Waals surface area contributed by atoms with Gasteiger partial charge in [0.25, 0.3) is 0 Å². The molecule has 0 saturated carbocycles. The molecule has 11 aromatic rings. The van der Waals surface area contributed by atoms with Crippen LogP contribution in [0.15, 0.2) is 179 Å². The number of aromatic nitrogens is 2. The molecule has 0 atom stereocenters. The van der Waals surface area contributed by atoms with E-state index < -0.39 is 0 Å². The predicted molar refractivity (Wildman–Crippen MR) is 209 cm³/mol. The number of furan rings is 2. The van der Waals surface area contributed by atoms with Crippen LogP contribution in [0, 0.1) is 0 Å². The van der Waals surface area contributed by atoms with Gasteiger partial charge in [0, 0.05) is 33.0 Å². The maximum atomic E-state index is 6.57. The highest BCUT2D eigenvalue weighted by atomic mass is 16.3. The van der Waals surface area contributed by atoms with Crippen LogP contribution in [0.1, 0.15) is 0 Å². The van der Waals surface area contributed by atoms with Crippen LogP contribution in [-0.2, 0) is 0 Å². The Kier molecular flexibility index (Phi) is 5.92. The molecule has 0 saturated heterocycles. The Bertz CT molecular complexity index is 3140. The number of benzene rings is 8. The van der Waals surface area contributed by atoms with E-state index in [0.717, 1.165) is 94.2 Å². The molecule has 0 aliphatic rings. The third-order valence-corrected chi connectivity index (χ3v) is 10.2. The third kappa shape index (κ3) is 4.30. The van der Waals surface area contributed by atoms with Crippen molar-refractivity contribution in [3.63, 3.8) is 0 Å². The standard InChI is InChI=1S/C47H28N2O2/c1-2-11-29(12-3-1)47-48-40-17-6-7-18-41(40)49(47)35-14-10-13-30(27-35)31-21-22-33-26-34(24-23-32(33)25-31)38-28-39-36-15-4-8-19-42(36)50-46(39)44-37-16-5-9-20-43(37)51-45(38)44/h1-28H. The van der Waals surface area contributed by atoms with Gasteiger partial charge in [0.2, 0.25) is 0 Å². The topological polar surface area (TPSA) is 44.1 Å². The molecule has 0 unspecified atom stereocenters. The third-order valence-electron chi connectivity index (χ3n) is 10.2. The van der Waals surface area contributed by atoms with E-state index in [9.17, 15) is 0 Å². The number of imidazole rings is 1. The van der Waals surface area contributed by atoms with Crippen molar-refractivity contribution < 1.29 is 8.83 Å². The number of hydrogen-bond acceptors (Lipinski definition) is 3. The Labute approximate surface area is 292 Å². The first-order valence-corrected chi connectivity index (χ1v) is 17.2. The van der Waals surface area contributed by atoms with Gasteiger partial charge in [0.1, 0.15) is 28.2 Å². The molecule has 51 heavy (non-hydrogen) atoms. The van der Waals surface area contributed by atoms with Crippen molar-refractivity contribution in [3.8, 4) is 39.3 Å². The highest BCUT2D eigenvalue weighted by Gasteiger charge is 2.21. The first-order valence-electron chi connectivity index (χ1n) is 17.2. The summed E-state index contributed by atoms with van der Waals surface area (Å²) in [5.41, 5.74) is 12.1. The molecule has 0 aliphatic heterocycles. The first-order chi connectivity index (χ1) is 25.3. The fraction of sp³-hybridized carbons (Fsp3) is 0. The summed E-state index contributed by atoms with van der Waals surface area (Å²) in [6.07, 6.45) is 0. The van der Waals surface area contributed by atoms with Crippen molar-refractivity contribution in [1.29, 1.82) is 0 Å². The first kappa shape index (κ1) is 28.0. The highest BCUT2D eigenvalue weighted by Crippen LogP contribution is 2.44. The number of nitrogens with zero attached hydrogens (tertiary/aromatic N) is 2. The van der Waals surface area contributed by atoms with E-state index in [1.54, 1.807) is 0 Å². The van der Waals surface area contributed by atoms with Gasteiger partial charge in [-0.05, 0) is 82.1 Å². The normalized spacial score (nSPS) is 11.9. The Morgan fingerprint density at radius 1 is 0.431 bits per heavy atom. The van der Waals surface area contributed by atoms with Crippen molar-refractivity contribution in [2.45, 2.75) is 0 Å². The summed E-state index contributed by atoms with van der Waals surface area (Å²) in [6, 6.07) is 59.6. The molecule has 8 aromatic carbocycles. The molecule has 4 nitrogen and oxygen atoms in total. The number of rotatable bonds is 4. The Morgan fingerprint density at radius 3 is 1.94 bits per heavy atom. The molecule has 3 heterocycles. The molecule has 238 valence electrons. The smallest absolute Gasteiger partial charge is 0.147 e. The molecule has 11 rings (SSSR count). The van der Waals surface area contributed by atoms with Crippen molar-refractivity contribution >= 4 is 65.7 Å². The fourth-order valence-corrected chi connectivity index (χ4v) is 7.76. The minimum absolute atomic E-state index is 0.845. The summed E-state index contributed by atoms with van der Waals surface area (Å²) >= 11 is 0. The molecule has 0 fully saturated rings. The van der Waals surface area contributed by atoms with E-state index in [2.05, 4.69) is 138 Å². The lowest BCUT2D eigenvalue weighted by Crippen LogP contribution is -1.98. The van der Waals surface area contributed by atoms with Crippen LogP contribution < -0.4 is 0 Å². The fourth-order valence-electron chi connectivity index (χ4n) is 7.76. The molecule has 0 aliphatic carbocycles. The van der Waals surface area contributed by atoms with Gasteiger partial charge >= 0.3 is 0 Å². The predicted octanol–water partition coefficient (Wildman–Crippen LogP) is 13.0. The zero-order valence-corrected chi connectivity index (χ0v) is 27.4. The van der Waals surface area contributed by atoms with Crippen molar-refractivity contribution in [2.75, 3.05) is 0 Å². The molecule has 0 N–H and O–H groups in total. The molecule has 0 bridgehead atoms. The minimum Gasteiger partial charge on any atom is -0.455 e. The van der Waals surface area contributed by atoms with Gasteiger partial charge in [0.15, 0.2) is 0 Å².